The number of para-hydroxylation sites is 2. The van der Waals surface area contributed by atoms with Crippen LogP contribution in [-0.4, -0.2) is 28.6 Å². The van der Waals surface area contributed by atoms with Gasteiger partial charge in [-0.15, -0.1) is 0 Å². The Labute approximate surface area is 142 Å². The number of benzene rings is 1. The molecule has 1 aromatic carbocycles. The summed E-state index contributed by atoms with van der Waals surface area (Å²) in [6.07, 6.45) is 8.41. The summed E-state index contributed by atoms with van der Waals surface area (Å²) >= 11 is 0. The number of imidazole rings is 1. The molecule has 24 heavy (non-hydrogen) atoms. The first-order valence-electron chi connectivity index (χ1n) is 8.46. The normalized spacial score (nSPS) is 20.0. The van der Waals surface area contributed by atoms with Gasteiger partial charge >= 0.3 is 0 Å². The molecule has 1 fully saturated rings. The Kier molecular flexibility index (Phi) is 5.48. The predicted molar refractivity (Wildman–Crippen MR) is 92.7 cm³/mol. The predicted octanol–water partition coefficient (Wildman–Crippen LogP) is 2.28. The van der Waals surface area contributed by atoms with E-state index in [9.17, 15) is 4.79 Å². The molecule has 3 N–H and O–H groups in total. The molecule has 0 bridgehead atoms. The molecule has 1 heterocycles. The van der Waals surface area contributed by atoms with E-state index in [0.717, 1.165) is 24.9 Å². The SMILES string of the molecule is NC[C@H]1CCC[C@H]1C(=O)Nc1ccccc1OCCn1ccnc1. The van der Waals surface area contributed by atoms with Gasteiger partial charge in [-0.05, 0) is 37.4 Å². The average molecular weight is 328 g/mol. The average Bonchev–Trinajstić information content (AvgIpc) is 3.27. The highest BCUT2D eigenvalue weighted by atomic mass is 16.5. The molecule has 1 aliphatic carbocycles. The molecule has 1 amide bonds. The summed E-state index contributed by atoms with van der Waals surface area (Å²) in [4.78, 5) is 16.6. The minimum Gasteiger partial charge on any atom is -0.490 e. The monoisotopic (exact) mass is 328 g/mol. The van der Waals surface area contributed by atoms with Crippen LogP contribution >= 0.6 is 0 Å². The lowest BCUT2D eigenvalue weighted by atomic mass is 9.95. The summed E-state index contributed by atoms with van der Waals surface area (Å²) in [7, 11) is 0. The molecule has 1 aromatic heterocycles. The number of ether oxygens (including phenoxy) is 1. The fourth-order valence-electron chi connectivity index (χ4n) is 3.27. The first-order valence-corrected chi connectivity index (χ1v) is 8.46. The Morgan fingerprint density at radius 2 is 2.25 bits per heavy atom. The fraction of sp³-hybridized carbons (Fsp3) is 0.444. The molecule has 6 heteroatoms. The number of carbonyl (C=O) groups is 1. The van der Waals surface area contributed by atoms with Gasteiger partial charge in [-0.3, -0.25) is 4.79 Å². The summed E-state index contributed by atoms with van der Waals surface area (Å²) in [5.41, 5.74) is 6.50. The first kappa shape index (κ1) is 16.5. The molecular formula is C18H24N4O2. The van der Waals surface area contributed by atoms with Gasteiger partial charge in [-0.2, -0.15) is 0 Å². The van der Waals surface area contributed by atoms with Crippen LogP contribution in [0.5, 0.6) is 5.75 Å². The third-order valence-electron chi connectivity index (χ3n) is 4.61. The van der Waals surface area contributed by atoms with Crippen LogP contribution in [0.25, 0.3) is 0 Å². The molecule has 0 unspecified atom stereocenters. The molecule has 1 aliphatic rings. The standard InChI is InChI=1S/C18H24N4O2/c19-12-14-4-3-5-15(14)18(23)21-16-6-1-2-7-17(16)24-11-10-22-9-8-20-13-22/h1-2,6-9,13-15H,3-5,10-12,19H2,(H,21,23)/t14-,15-/m1/s1. The van der Waals surface area contributed by atoms with Gasteiger partial charge in [-0.25, -0.2) is 4.98 Å². The van der Waals surface area contributed by atoms with E-state index in [4.69, 9.17) is 10.5 Å². The topological polar surface area (TPSA) is 82.2 Å². The lowest BCUT2D eigenvalue weighted by molar-refractivity contribution is -0.120. The number of amides is 1. The molecule has 3 rings (SSSR count). The van der Waals surface area contributed by atoms with E-state index in [-0.39, 0.29) is 11.8 Å². The fourth-order valence-corrected chi connectivity index (χ4v) is 3.27. The largest absolute Gasteiger partial charge is 0.490 e. The van der Waals surface area contributed by atoms with E-state index in [1.54, 1.807) is 12.5 Å². The van der Waals surface area contributed by atoms with E-state index in [0.29, 0.717) is 31.4 Å². The van der Waals surface area contributed by atoms with Crippen LogP contribution in [0.3, 0.4) is 0 Å². The van der Waals surface area contributed by atoms with Crippen molar-refractivity contribution in [2.45, 2.75) is 25.8 Å². The molecule has 1 saturated carbocycles. The molecule has 2 aromatic rings. The smallest absolute Gasteiger partial charge is 0.227 e. The number of carbonyl (C=O) groups excluding carboxylic acids is 1. The van der Waals surface area contributed by atoms with E-state index < -0.39 is 0 Å². The van der Waals surface area contributed by atoms with Crippen molar-refractivity contribution in [2.75, 3.05) is 18.5 Å². The van der Waals surface area contributed by atoms with Crippen LogP contribution in [0, 0.1) is 11.8 Å². The van der Waals surface area contributed by atoms with E-state index in [1.807, 2.05) is 35.0 Å². The summed E-state index contributed by atoms with van der Waals surface area (Å²) in [5.74, 6) is 1.04. The van der Waals surface area contributed by atoms with Gasteiger partial charge in [0.05, 0.1) is 18.6 Å². The Hall–Kier alpha value is -2.34. The Morgan fingerprint density at radius 1 is 1.38 bits per heavy atom. The van der Waals surface area contributed by atoms with Crippen LogP contribution < -0.4 is 15.8 Å². The van der Waals surface area contributed by atoms with E-state index in [1.165, 1.54) is 0 Å². The highest BCUT2D eigenvalue weighted by Gasteiger charge is 2.32. The molecule has 0 aliphatic heterocycles. The molecule has 128 valence electrons. The molecule has 0 spiro atoms. The zero-order valence-corrected chi connectivity index (χ0v) is 13.7. The lowest BCUT2D eigenvalue weighted by Gasteiger charge is -2.19. The third-order valence-corrected chi connectivity index (χ3v) is 4.61. The van der Waals surface area contributed by atoms with Crippen molar-refractivity contribution in [3.8, 4) is 5.75 Å². The maximum Gasteiger partial charge on any atom is 0.227 e. The Bertz CT molecular complexity index is 657. The summed E-state index contributed by atoms with van der Waals surface area (Å²) < 4.78 is 7.79. The van der Waals surface area contributed by atoms with Gasteiger partial charge in [0.25, 0.3) is 0 Å². The van der Waals surface area contributed by atoms with Crippen LogP contribution in [0.4, 0.5) is 5.69 Å². The molecule has 2 atom stereocenters. The van der Waals surface area contributed by atoms with Crippen LogP contribution in [0.15, 0.2) is 43.0 Å². The number of anilines is 1. The molecule has 6 nitrogen and oxygen atoms in total. The highest BCUT2D eigenvalue weighted by Crippen LogP contribution is 2.33. The first-order chi connectivity index (χ1) is 11.8. The number of hydrogen-bond donors (Lipinski definition) is 2. The molecule has 0 radical (unpaired) electrons. The maximum atomic E-state index is 12.6. The summed E-state index contributed by atoms with van der Waals surface area (Å²) in [6.45, 7) is 1.79. The number of hydrogen-bond acceptors (Lipinski definition) is 4. The van der Waals surface area contributed by atoms with Gasteiger partial charge in [0, 0.05) is 18.3 Å². The second-order valence-corrected chi connectivity index (χ2v) is 6.17. The second-order valence-electron chi connectivity index (χ2n) is 6.17. The molecular weight excluding hydrogens is 304 g/mol. The van der Waals surface area contributed by atoms with Crippen molar-refractivity contribution in [1.82, 2.24) is 9.55 Å². The number of rotatable bonds is 7. The zero-order chi connectivity index (χ0) is 16.8. The Morgan fingerprint density at radius 3 is 3.04 bits per heavy atom. The van der Waals surface area contributed by atoms with Gasteiger partial charge in [0.15, 0.2) is 0 Å². The maximum absolute atomic E-state index is 12.6. The van der Waals surface area contributed by atoms with Crippen molar-refractivity contribution in [2.24, 2.45) is 17.6 Å². The number of nitrogens with zero attached hydrogens (tertiary/aromatic N) is 2. The van der Waals surface area contributed by atoms with Gasteiger partial charge in [0.2, 0.25) is 5.91 Å². The van der Waals surface area contributed by atoms with Crippen molar-refractivity contribution >= 4 is 11.6 Å². The van der Waals surface area contributed by atoms with Crippen molar-refractivity contribution in [1.29, 1.82) is 0 Å². The lowest BCUT2D eigenvalue weighted by Crippen LogP contribution is -2.29. The van der Waals surface area contributed by atoms with Crippen LogP contribution in [0.2, 0.25) is 0 Å². The third kappa shape index (κ3) is 3.94. The second kappa shape index (κ2) is 7.97. The van der Waals surface area contributed by atoms with Crippen molar-refractivity contribution in [3.05, 3.63) is 43.0 Å². The number of aromatic nitrogens is 2. The van der Waals surface area contributed by atoms with Gasteiger partial charge in [-0.1, -0.05) is 18.6 Å². The number of nitrogens with one attached hydrogen (secondary N) is 1. The van der Waals surface area contributed by atoms with Crippen LogP contribution in [-0.2, 0) is 11.3 Å². The van der Waals surface area contributed by atoms with Gasteiger partial charge < -0.3 is 20.4 Å². The zero-order valence-electron chi connectivity index (χ0n) is 13.7. The molecule has 0 saturated heterocycles. The van der Waals surface area contributed by atoms with E-state index in [2.05, 4.69) is 10.3 Å². The number of nitrogens with two attached hydrogens (primary N) is 1. The quantitative estimate of drug-likeness (QED) is 0.817. The summed E-state index contributed by atoms with van der Waals surface area (Å²) in [6, 6.07) is 7.54. The van der Waals surface area contributed by atoms with E-state index >= 15 is 0 Å². The summed E-state index contributed by atoms with van der Waals surface area (Å²) in [5, 5.41) is 3.02. The highest BCUT2D eigenvalue weighted by molar-refractivity contribution is 5.94. The minimum absolute atomic E-state index is 0.00834. The Balaban J connectivity index is 1.60. The van der Waals surface area contributed by atoms with Crippen molar-refractivity contribution < 1.29 is 9.53 Å². The van der Waals surface area contributed by atoms with Crippen molar-refractivity contribution in [3.63, 3.8) is 0 Å². The minimum atomic E-state index is 0.00834. The van der Waals surface area contributed by atoms with Gasteiger partial charge in [0.1, 0.15) is 12.4 Å². The van der Waals surface area contributed by atoms with Crippen LogP contribution in [0.1, 0.15) is 19.3 Å².